The standard InChI is InChI=1S/C16H19NOS/c1-12-9-10-19-14(12)11-15(18)17-16(2,3)13-7-5-4-6-8-13/h4-10H,11H2,1-3H3,(H,17,18). The number of thiophene rings is 1. The summed E-state index contributed by atoms with van der Waals surface area (Å²) < 4.78 is 0. The van der Waals surface area contributed by atoms with Gasteiger partial charge in [-0.1, -0.05) is 30.3 Å². The van der Waals surface area contributed by atoms with E-state index in [0.717, 1.165) is 10.4 Å². The van der Waals surface area contributed by atoms with Crippen molar-refractivity contribution in [3.63, 3.8) is 0 Å². The first-order chi connectivity index (χ1) is 8.99. The van der Waals surface area contributed by atoms with Gasteiger partial charge in [0, 0.05) is 4.88 Å². The molecule has 2 nitrogen and oxygen atoms in total. The minimum absolute atomic E-state index is 0.0689. The average Bonchev–Trinajstić information content (AvgIpc) is 2.75. The van der Waals surface area contributed by atoms with Crippen molar-refractivity contribution in [2.45, 2.75) is 32.7 Å². The molecule has 100 valence electrons. The van der Waals surface area contributed by atoms with Crippen LogP contribution in [0.4, 0.5) is 0 Å². The lowest BCUT2D eigenvalue weighted by molar-refractivity contribution is -0.122. The summed E-state index contributed by atoms with van der Waals surface area (Å²) in [6.07, 6.45) is 0.458. The Kier molecular flexibility index (Phi) is 4.05. The zero-order valence-corrected chi connectivity index (χ0v) is 12.4. The molecule has 1 N–H and O–H groups in total. The van der Waals surface area contributed by atoms with Crippen LogP contribution in [0.15, 0.2) is 41.8 Å². The Morgan fingerprint density at radius 1 is 1.21 bits per heavy atom. The molecular weight excluding hydrogens is 254 g/mol. The summed E-state index contributed by atoms with van der Waals surface area (Å²) in [5, 5.41) is 5.13. The largest absolute Gasteiger partial charge is 0.347 e. The van der Waals surface area contributed by atoms with Crippen molar-refractivity contribution >= 4 is 17.2 Å². The second kappa shape index (κ2) is 5.57. The number of hydrogen-bond acceptors (Lipinski definition) is 2. The summed E-state index contributed by atoms with van der Waals surface area (Å²) in [6.45, 7) is 6.10. The number of carbonyl (C=O) groups excluding carboxylic acids is 1. The van der Waals surface area contributed by atoms with E-state index in [1.807, 2.05) is 56.5 Å². The van der Waals surface area contributed by atoms with Crippen LogP contribution >= 0.6 is 11.3 Å². The maximum absolute atomic E-state index is 12.1. The Bertz CT molecular complexity index is 557. The molecule has 19 heavy (non-hydrogen) atoms. The van der Waals surface area contributed by atoms with E-state index >= 15 is 0 Å². The first-order valence-electron chi connectivity index (χ1n) is 6.38. The van der Waals surface area contributed by atoms with E-state index < -0.39 is 0 Å². The van der Waals surface area contributed by atoms with Crippen molar-refractivity contribution in [1.29, 1.82) is 0 Å². The number of carbonyl (C=O) groups is 1. The quantitative estimate of drug-likeness (QED) is 0.905. The molecule has 0 bridgehead atoms. The highest BCUT2D eigenvalue weighted by Crippen LogP contribution is 2.21. The summed E-state index contributed by atoms with van der Waals surface area (Å²) in [5.74, 6) is 0.0689. The molecule has 3 heteroatoms. The second-order valence-electron chi connectivity index (χ2n) is 5.24. The third-order valence-corrected chi connectivity index (χ3v) is 4.26. The lowest BCUT2D eigenvalue weighted by atomic mass is 9.94. The third-order valence-electron chi connectivity index (χ3n) is 3.24. The molecule has 0 atom stereocenters. The number of amides is 1. The van der Waals surface area contributed by atoms with Crippen LogP contribution in [0.3, 0.4) is 0 Å². The molecule has 1 heterocycles. The molecule has 0 radical (unpaired) electrons. The Morgan fingerprint density at radius 3 is 2.47 bits per heavy atom. The molecule has 1 amide bonds. The molecule has 0 spiro atoms. The number of rotatable bonds is 4. The zero-order valence-electron chi connectivity index (χ0n) is 11.6. The Hall–Kier alpha value is -1.61. The van der Waals surface area contributed by atoms with E-state index in [9.17, 15) is 4.79 Å². The molecule has 0 aliphatic rings. The highest BCUT2D eigenvalue weighted by atomic mass is 32.1. The fourth-order valence-corrected chi connectivity index (χ4v) is 2.96. The molecule has 0 saturated carbocycles. The van der Waals surface area contributed by atoms with E-state index in [2.05, 4.69) is 11.4 Å². The van der Waals surface area contributed by atoms with Gasteiger partial charge >= 0.3 is 0 Å². The normalized spacial score (nSPS) is 11.3. The summed E-state index contributed by atoms with van der Waals surface area (Å²) in [7, 11) is 0. The summed E-state index contributed by atoms with van der Waals surface area (Å²) in [5.41, 5.74) is 1.97. The smallest absolute Gasteiger partial charge is 0.225 e. The molecule has 2 rings (SSSR count). The minimum Gasteiger partial charge on any atom is -0.347 e. The van der Waals surface area contributed by atoms with Crippen molar-refractivity contribution in [2.75, 3.05) is 0 Å². The predicted molar refractivity (Wildman–Crippen MR) is 80.4 cm³/mol. The summed E-state index contributed by atoms with van der Waals surface area (Å²) >= 11 is 1.64. The van der Waals surface area contributed by atoms with Crippen molar-refractivity contribution in [2.24, 2.45) is 0 Å². The van der Waals surface area contributed by atoms with Crippen molar-refractivity contribution < 1.29 is 4.79 Å². The lowest BCUT2D eigenvalue weighted by Crippen LogP contribution is -2.41. The molecular formula is C16H19NOS. The summed E-state index contributed by atoms with van der Waals surface area (Å²) in [6, 6.07) is 12.1. The van der Waals surface area contributed by atoms with Gasteiger partial charge in [-0.2, -0.15) is 0 Å². The Labute approximate surface area is 118 Å². The van der Waals surface area contributed by atoms with E-state index in [-0.39, 0.29) is 11.4 Å². The van der Waals surface area contributed by atoms with Crippen LogP contribution in [-0.2, 0) is 16.8 Å². The Balaban J connectivity index is 2.04. The van der Waals surface area contributed by atoms with Gasteiger partial charge in [0.05, 0.1) is 12.0 Å². The number of hydrogen-bond donors (Lipinski definition) is 1. The number of aryl methyl sites for hydroxylation is 1. The van der Waals surface area contributed by atoms with Crippen molar-refractivity contribution in [3.05, 3.63) is 57.8 Å². The van der Waals surface area contributed by atoms with Gasteiger partial charge in [0.2, 0.25) is 5.91 Å². The van der Waals surface area contributed by atoms with Gasteiger partial charge in [-0.25, -0.2) is 0 Å². The van der Waals surface area contributed by atoms with Crippen LogP contribution in [0, 0.1) is 6.92 Å². The molecule has 0 unspecified atom stereocenters. The number of nitrogens with one attached hydrogen (secondary N) is 1. The first kappa shape index (κ1) is 13.8. The van der Waals surface area contributed by atoms with Crippen LogP contribution in [-0.4, -0.2) is 5.91 Å². The van der Waals surface area contributed by atoms with Gasteiger partial charge in [0.25, 0.3) is 0 Å². The van der Waals surface area contributed by atoms with E-state index in [0.29, 0.717) is 6.42 Å². The fourth-order valence-electron chi connectivity index (χ4n) is 2.05. The first-order valence-corrected chi connectivity index (χ1v) is 7.26. The Morgan fingerprint density at radius 2 is 1.89 bits per heavy atom. The van der Waals surface area contributed by atoms with E-state index in [1.54, 1.807) is 11.3 Å². The maximum atomic E-state index is 12.1. The molecule has 0 aliphatic heterocycles. The highest BCUT2D eigenvalue weighted by molar-refractivity contribution is 7.10. The van der Waals surface area contributed by atoms with Crippen LogP contribution < -0.4 is 5.32 Å². The van der Waals surface area contributed by atoms with Crippen LogP contribution in [0.1, 0.15) is 29.9 Å². The highest BCUT2D eigenvalue weighted by Gasteiger charge is 2.22. The van der Waals surface area contributed by atoms with Gasteiger partial charge in [0.15, 0.2) is 0 Å². The number of benzene rings is 1. The van der Waals surface area contributed by atoms with Crippen molar-refractivity contribution in [1.82, 2.24) is 5.32 Å². The van der Waals surface area contributed by atoms with Crippen LogP contribution in [0.25, 0.3) is 0 Å². The van der Waals surface area contributed by atoms with Gasteiger partial charge in [-0.15, -0.1) is 11.3 Å². The second-order valence-corrected chi connectivity index (χ2v) is 6.24. The monoisotopic (exact) mass is 273 g/mol. The van der Waals surface area contributed by atoms with E-state index in [1.165, 1.54) is 5.56 Å². The molecule has 1 aromatic carbocycles. The van der Waals surface area contributed by atoms with Gasteiger partial charge in [-0.05, 0) is 43.3 Å². The lowest BCUT2D eigenvalue weighted by Gasteiger charge is -2.27. The molecule has 2 aromatic rings. The van der Waals surface area contributed by atoms with Gasteiger partial charge in [-0.3, -0.25) is 4.79 Å². The fraction of sp³-hybridized carbons (Fsp3) is 0.312. The van der Waals surface area contributed by atoms with Gasteiger partial charge < -0.3 is 5.32 Å². The SMILES string of the molecule is Cc1ccsc1CC(=O)NC(C)(C)c1ccccc1. The third kappa shape index (κ3) is 3.44. The minimum atomic E-state index is -0.344. The van der Waals surface area contributed by atoms with Crippen molar-refractivity contribution in [3.8, 4) is 0 Å². The van der Waals surface area contributed by atoms with Crippen LogP contribution in [0.5, 0.6) is 0 Å². The molecule has 0 aliphatic carbocycles. The zero-order chi connectivity index (χ0) is 13.9. The summed E-state index contributed by atoms with van der Waals surface area (Å²) in [4.78, 5) is 13.3. The molecule has 0 saturated heterocycles. The van der Waals surface area contributed by atoms with E-state index in [4.69, 9.17) is 0 Å². The van der Waals surface area contributed by atoms with Gasteiger partial charge in [0.1, 0.15) is 0 Å². The predicted octanol–water partition coefficient (Wildman–Crippen LogP) is 3.65. The topological polar surface area (TPSA) is 29.1 Å². The molecule has 1 aromatic heterocycles. The molecule has 0 fully saturated rings. The van der Waals surface area contributed by atoms with Crippen LogP contribution in [0.2, 0.25) is 0 Å². The maximum Gasteiger partial charge on any atom is 0.225 e. The average molecular weight is 273 g/mol.